The molecule has 25 heavy (non-hydrogen) atoms. The van der Waals surface area contributed by atoms with Crippen molar-refractivity contribution >= 4 is 15.9 Å². The Labute approximate surface area is 145 Å². The number of carbonyl (C=O) groups excluding carboxylic acids is 1. The molecule has 0 saturated heterocycles. The predicted molar refractivity (Wildman–Crippen MR) is 89.6 cm³/mol. The van der Waals surface area contributed by atoms with Gasteiger partial charge in [0.05, 0.1) is 37.3 Å². The number of hydrogen-bond donors (Lipinski definition) is 1. The standard InChI is InChI=1S/C16H19FN4O3S/c1-25(23,24)19-8-15-10-20(9-14-7-18-11-21(14)15)16(22)6-12-2-4-13(17)5-3-12/h2-5,7,11,15,19H,6,8-10H2,1H3. The SMILES string of the molecule is CS(=O)(=O)NCC1CN(C(=O)Cc2ccc(F)cc2)Cc2cncn21. The molecule has 0 fully saturated rings. The third-order valence-electron chi connectivity index (χ3n) is 4.13. The van der Waals surface area contributed by atoms with E-state index in [1.165, 1.54) is 12.1 Å². The number of benzene rings is 1. The second-order valence-electron chi connectivity index (χ2n) is 6.14. The van der Waals surface area contributed by atoms with E-state index in [-0.39, 0.29) is 30.7 Å². The number of carbonyl (C=O) groups is 1. The topological polar surface area (TPSA) is 84.3 Å². The molecule has 1 aliphatic heterocycles. The molecule has 1 aromatic heterocycles. The minimum Gasteiger partial charge on any atom is -0.334 e. The molecule has 0 aliphatic carbocycles. The monoisotopic (exact) mass is 366 g/mol. The van der Waals surface area contributed by atoms with Gasteiger partial charge in [0.25, 0.3) is 0 Å². The molecule has 3 rings (SSSR count). The molecule has 2 aromatic rings. The molecular formula is C16H19FN4O3S. The minimum absolute atomic E-state index is 0.0941. The molecule has 7 nitrogen and oxygen atoms in total. The van der Waals surface area contributed by atoms with Crippen LogP contribution >= 0.6 is 0 Å². The fourth-order valence-electron chi connectivity index (χ4n) is 2.87. The smallest absolute Gasteiger partial charge is 0.227 e. The summed E-state index contributed by atoms with van der Waals surface area (Å²) in [5, 5.41) is 0. The first-order valence-corrected chi connectivity index (χ1v) is 9.68. The van der Waals surface area contributed by atoms with Crippen LogP contribution < -0.4 is 4.72 Å². The van der Waals surface area contributed by atoms with Crippen molar-refractivity contribution < 1.29 is 17.6 Å². The van der Waals surface area contributed by atoms with Crippen molar-refractivity contribution in [3.63, 3.8) is 0 Å². The summed E-state index contributed by atoms with van der Waals surface area (Å²) in [6, 6.07) is 5.60. The fourth-order valence-corrected chi connectivity index (χ4v) is 3.37. The second kappa shape index (κ2) is 6.93. The van der Waals surface area contributed by atoms with E-state index in [0.29, 0.717) is 13.1 Å². The van der Waals surface area contributed by atoms with Crippen molar-refractivity contribution in [1.82, 2.24) is 19.2 Å². The van der Waals surface area contributed by atoms with Crippen LogP contribution in [0.15, 0.2) is 36.8 Å². The number of halogens is 1. The zero-order chi connectivity index (χ0) is 18.0. The Morgan fingerprint density at radius 3 is 2.76 bits per heavy atom. The van der Waals surface area contributed by atoms with E-state index in [0.717, 1.165) is 17.5 Å². The summed E-state index contributed by atoms with van der Waals surface area (Å²) in [5.41, 5.74) is 1.58. The summed E-state index contributed by atoms with van der Waals surface area (Å²) in [5.74, 6) is -0.437. The molecule has 1 aromatic carbocycles. The summed E-state index contributed by atoms with van der Waals surface area (Å²) in [4.78, 5) is 18.4. The summed E-state index contributed by atoms with van der Waals surface area (Å²) >= 11 is 0. The molecule has 2 heterocycles. The van der Waals surface area contributed by atoms with Crippen molar-refractivity contribution in [3.8, 4) is 0 Å². The Morgan fingerprint density at radius 2 is 2.08 bits per heavy atom. The highest BCUT2D eigenvalue weighted by Gasteiger charge is 2.28. The van der Waals surface area contributed by atoms with E-state index < -0.39 is 10.0 Å². The van der Waals surface area contributed by atoms with Crippen LogP contribution in [0.1, 0.15) is 17.3 Å². The number of amides is 1. The zero-order valence-corrected chi connectivity index (χ0v) is 14.5. The number of sulfonamides is 1. The summed E-state index contributed by atoms with van der Waals surface area (Å²) < 4.78 is 40.1. The Hall–Kier alpha value is -2.26. The number of nitrogens with zero attached hydrogens (tertiary/aromatic N) is 3. The van der Waals surface area contributed by atoms with Gasteiger partial charge in [-0.25, -0.2) is 22.5 Å². The lowest BCUT2D eigenvalue weighted by Gasteiger charge is -2.34. The maximum absolute atomic E-state index is 13.0. The van der Waals surface area contributed by atoms with Gasteiger partial charge in [-0.15, -0.1) is 0 Å². The third-order valence-corrected chi connectivity index (χ3v) is 4.82. The first kappa shape index (κ1) is 17.6. The van der Waals surface area contributed by atoms with Gasteiger partial charge in [-0.1, -0.05) is 12.1 Å². The molecule has 0 spiro atoms. The lowest BCUT2D eigenvalue weighted by molar-refractivity contribution is -0.132. The maximum Gasteiger partial charge on any atom is 0.227 e. The molecule has 1 amide bonds. The first-order valence-electron chi connectivity index (χ1n) is 7.79. The van der Waals surface area contributed by atoms with Crippen LogP contribution in [-0.4, -0.2) is 48.1 Å². The number of nitrogens with one attached hydrogen (secondary N) is 1. The van der Waals surface area contributed by atoms with Crippen LogP contribution in [0, 0.1) is 5.82 Å². The molecule has 1 aliphatic rings. The molecule has 0 radical (unpaired) electrons. The lowest BCUT2D eigenvalue weighted by Crippen LogP contribution is -2.45. The van der Waals surface area contributed by atoms with Crippen molar-refractivity contribution in [2.45, 2.75) is 19.0 Å². The van der Waals surface area contributed by atoms with E-state index in [1.54, 1.807) is 29.6 Å². The largest absolute Gasteiger partial charge is 0.334 e. The van der Waals surface area contributed by atoms with E-state index >= 15 is 0 Å². The fraction of sp³-hybridized carbons (Fsp3) is 0.375. The number of fused-ring (bicyclic) bond motifs is 1. The van der Waals surface area contributed by atoms with Crippen molar-refractivity contribution in [1.29, 1.82) is 0 Å². The van der Waals surface area contributed by atoms with E-state index in [2.05, 4.69) is 9.71 Å². The third kappa shape index (κ3) is 4.43. The average Bonchev–Trinajstić information content (AvgIpc) is 3.02. The van der Waals surface area contributed by atoms with E-state index in [1.807, 2.05) is 4.57 Å². The Balaban J connectivity index is 1.72. The van der Waals surface area contributed by atoms with Crippen LogP contribution in [0.4, 0.5) is 4.39 Å². The lowest BCUT2D eigenvalue weighted by atomic mass is 10.1. The Morgan fingerprint density at radius 1 is 1.36 bits per heavy atom. The van der Waals surface area contributed by atoms with Crippen LogP contribution in [0.2, 0.25) is 0 Å². The van der Waals surface area contributed by atoms with Crippen LogP contribution in [0.3, 0.4) is 0 Å². The Bertz CT molecular complexity index is 864. The van der Waals surface area contributed by atoms with Crippen LogP contribution in [0.5, 0.6) is 0 Å². The van der Waals surface area contributed by atoms with Gasteiger partial charge >= 0.3 is 0 Å². The predicted octanol–water partition coefficient (Wildman–Crippen LogP) is 0.697. The van der Waals surface area contributed by atoms with Crippen molar-refractivity contribution in [2.75, 3.05) is 19.3 Å². The minimum atomic E-state index is -3.32. The zero-order valence-electron chi connectivity index (χ0n) is 13.7. The first-order chi connectivity index (χ1) is 11.8. The number of imidazole rings is 1. The van der Waals surface area contributed by atoms with Gasteiger partial charge in [0.15, 0.2) is 0 Å². The molecular weight excluding hydrogens is 347 g/mol. The van der Waals surface area contributed by atoms with Gasteiger partial charge in [0.1, 0.15) is 5.82 Å². The van der Waals surface area contributed by atoms with E-state index in [9.17, 15) is 17.6 Å². The van der Waals surface area contributed by atoms with Gasteiger partial charge in [0, 0.05) is 19.3 Å². The molecule has 9 heteroatoms. The van der Waals surface area contributed by atoms with Gasteiger partial charge in [-0.3, -0.25) is 4.79 Å². The van der Waals surface area contributed by atoms with Gasteiger partial charge in [-0.05, 0) is 17.7 Å². The van der Waals surface area contributed by atoms with Crippen LogP contribution in [0.25, 0.3) is 0 Å². The van der Waals surface area contributed by atoms with Crippen molar-refractivity contribution in [3.05, 3.63) is 53.9 Å². The molecule has 0 saturated carbocycles. The maximum atomic E-state index is 13.0. The molecule has 1 atom stereocenters. The highest BCUT2D eigenvalue weighted by atomic mass is 32.2. The van der Waals surface area contributed by atoms with Crippen molar-refractivity contribution in [2.24, 2.45) is 0 Å². The van der Waals surface area contributed by atoms with Gasteiger partial charge in [0.2, 0.25) is 15.9 Å². The summed E-state index contributed by atoms with van der Waals surface area (Å²) in [7, 11) is -3.32. The number of hydrogen-bond acceptors (Lipinski definition) is 4. The number of aromatic nitrogens is 2. The highest BCUT2D eigenvalue weighted by Crippen LogP contribution is 2.21. The molecule has 0 bridgehead atoms. The van der Waals surface area contributed by atoms with E-state index in [4.69, 9.17) is 0 Å². The molecule has 134 valence electrons. The molecule has 1 unspecified atom stereocenters. The quantitative estimate of drug-likeness (QED) is 0.844. The second-order valence-corrected chi connectivity index (χ2v) is 7.98. The highest BCUT2D eigenvalue weighted by molar-refractivity contribution is 7.88. The molecule has 1 N–H and O–H groups in total. The average molecular weight is 366 g/mol. The summed E-state index contributed by atoms with van der Waals surface area (Å²) in [6.45, 7) is 0.976. The van der Waals surface area contributed by atoms with Gasteiger partial charge in [-0.2, -0.15) is 0 Å². The Kier molecular flexibility index (Phi) is 4.87. The summed E-state index contributed by atoms with van der Waals surface area (Å²) in [6.07, 6.45) is 4.58. The van der Waals surface area contributed by atoms with Crippen LogP contribution in [-0.2, 0) is 27.8 Å². The number of rotatable bonds is 5. The normalized spacial score (nSPS) is 17.4. The van der Waals surface area contributed by atoms with Gasteiger partial charge < -0.3 is 9.47 Å².